The van der Waals surface area contributed by atoms with E-state index in [0.29, 0.717) is 0 Å². The smallest absolute Gasteiger partial charge is 0.0480 e. The number of para-hydroxylation sites is 1. The Hall–Kier alpha value is -2.02. The highest BCUT2D eigenvalue weighted by Crippen LogP contribution is 2.21. The Balaban J connectivity index is 1.87. The molecule has 2 aromatic carbocycles. The molecule has 0 radical (unpaired) electrons. The predicted octanol–water partition coefficient (Wildman–Crippen LogP) is 3.96. The van der Waals surface area contributed by atoms with Crippen LogP contribution < -0.4 is 0 Å². The molecular weight excluding hydrogens is 218 g/mol. The van der Waals surface area contributed by atoms with E-state index in [1.807, 2.05) is 0 Å². The number of aryl methyl sites for hydroxylation is 3. The van der Waals surface area contributed by atoms with Crippen LogP contribution in [0.3, 0.4) is 0 Å². The Morgan fingerprint density at radius 3 is 2.39 bits per heavy atom. The van der Waals surface area contributed by atoms with Gasteiger partial charge in [-0.25, -0.2) is 0 Å². The van der Waals surface area contributed by atoms with Gasteiger partial charge in [0.25, 0.3) is 0 Å². The second-order valence-electron chi connectivity index (χ2n) is 4.77. The zero-order chi connectivity index (χ0) is 12.4. The van der Waals surface area contributed by atoms with Crippen LogP contribution in [-0.4, -0.2) is 4.57 Å². The Morgan fingerprint density at radius 1 is 0.833 bits per heavy atom. The SMILES string of the molecule is Cn1cc(CCc2ccccc2)c2ccccc21. The molecular formula is C17H17N. The van der Waals surface area contributed by atoms with Crippen molar-refractivity contribution in [1.82, 2.24) is 4.57 Å². The molecule has 0 saturated carbocycles. The van der Waals surface area contributed by atoms with Crippen LogP contribution in [-0.2, 0) is 19.9 Å². The van der Waals surface area contributed by atoms with E-state index in [1.54, 1.807) is 0 Å². The summed E-state index contributed by atoms with van der Waals surface area (Å²) in [6, 6.07) is 19.3. The van der Waals surface area contributed by atoms with Crippen LogP contribution in [0.4, 0.5) is 0 Å². The first-order valence-corrected chi connectivity index (χ1v) is 6.41. The van der Waals surface area contributed by atoms with Crippen molar-refractivity contribution in [2.24, 2.45) is 7.05 Å². The number of hydrogen-bond donors (Lipinski definition) is 0. The minimum Gasteiger partial charge on any atom is -0.350 e. The van der Waals surface area contributed by atoms with Crippen LogP contribution >= 0.6 is 0 Å². The van der Waals surface area contributed by atoms with Gasteiger partial charge in [-0.15, -0.1) is 0 Å². The molecule has 0 saturated heterocycles. The fourth-order valence-electron chi connectivity index (χ4n) is 2.55. The maximum absolute atomic E-state index is 2.26. The third kappa shape index (κ3) is 2.04. The lowest BCUT2D eigenvalue weighted by Gasteiger charge is -2.00. The molecule has 1 aromatic heterocycles. The van der Waals surface area contributed by atoms with Gasteiger partial charge >= 0.3 is 0 Å². The largest absolute Gasteiger partial charge is 0.350 e. The highest BCUT2D eigenvalue weighted by molar-refractivity contribution is 5.83. The maximum Gasteiger partial charge on any atom is 0.0480 e. The number of aromatic nitrogens is 1. The summed E-state index contributed by atoms with van der Waals surface area (Å²) < 4.78 is 2.22. The number of nitrogens with zero attached hydrogens (tertiary/aromatic N) is 1. The van der Waals surface area contributed by atoms with Crippen LogP contribution in [0, 0.1) is 0 Å². The van der Waals surface area contributed by atoms with Gasteiger partial charge in [0.15, 0.2) is 0 Å². The molecule has 0 bridgehead atoms. The average molecular weight is 235 g/mol. The molecule has 0 N–H and O–H groups in total. The molecule has 18 heavy (non-hydrogen) atoms. The first-order chi connectivity index (χ1) is 8.84. The first kappa shape index (κ1) is 11.1. The standard InChI is InChI=1S/C17H17N/c1-18-13-15(16-9-5-6-10-17(16)18)12-11-14-7-3-2-4-8-14/h2-10,13H,11-12H2,1H3. The summed E-state index contributed by atoms with van der Waals surface area (Å²) in [5.74, 6) is 0. The molecule has 0 fully saturated rings. The summed E-state index contributed by atoms with van der Waals surface area (Å²) in [4.78, 5) is 0. The van der Waals surface area contributed by atoms with Gasteiger partial charge in [-0.3, -0.25) is 0 Å². The highest BCUT2D eigenvalue weighted by Gasteiger charge is 2.05. The van der Waals surface area contributed by atoms with Crippen molar-refractivity contribution in [1.29, 1.82) is 0 Å². The Labute approximate surface area is 108 Å². The lowest BCUT2D eigenvalue weighted by atomic mass is 10.0. The minimum atomic E-state index is 1.10. The van der Waals surface area contributed by atoms with Crippen LogP contribution in [0.2, 0.25) is 0 Å². The Kier molecular flexibility index (Phi) is 2.89. The first-order valence-electron chi connectivity index (χ1n) is 6.41. The lowest BCUT2D eigenvalue weighted by Crippen LogP contribution is -1.90. The Bertz CT molecular complexity index is 650. The lowest BCUT2D eigenvalue weighted by molar-refractivity contribution is 0.924. The number of fused-ring (bicyclic) bond motifs is 1. The van der Waals surface area contributed by atoms with Crippen molar-refractivity contribution < 1.29 is 0 Å². The molecule has 0 spiro atoms. The van der Waals surface area contributed by atoms with E-state index in [1.165, 1.54) is 22.0 Å². The molecule has 1 nitrogen and oxygen atoms in total. The Morgan fingerprint density at radius 2 is 1.56 bits per heavy atom. The fourth-order valence-corrected chi connectivity index (χ4v) is 2.55. The molecule has 90 valence electrons. The predicted molar refractivity (Wildman–Crippen MR) is 76.8 cm³/mol. The van der Waals surface area contributed by atoms with Gasteiger partial charge < -0.3 is 4.57 Å². The molecule has 0 unspecified atom stereocenters. The second kappa shape index (κ2) is 4.69. The molecule has 0 atom stereocenters. The number of hydrogen-bond acceptors (Lipinski definition) is 0. The summed E-state index contributed by atoms with van der Waals surface area (Å²) in [6.45, 7) is 0. The van der Waals surface area contributed by atoms with E-state index in [2.05, 4.69) is 72.4 Å². The fraction of sp³-hybridized carbons (Fsp3) is 0.176. The van der Waals surface area contributed by atoms with Crippen LogP contribution in [0.15, 0.2) is 60.8 Å². The molecule has 0 aliphatic rings. The average Bonchev–Trinajstić information content (AvgIpc) is 2.75. The number of benzene rings is 2. The molecule has 0 aliphatic heterocycles. The van der Waals surface area contributed by atoms with E-state index in [-0.39, 0.29) is 0 Å². The normalized spacial score (nSPS) is 10.9. The summed E-state index contributed by atoms with van der Waals surface area (Å²) in [6.07, 6.45) is 4.47. The molecule has 0 amide bonds. The van der Waals surface area contributed by atoms with Gasteiger partial charge in [0.1, 0.15) is 0 Å². The van der Waals surface area contributed by atoms with Gasteiger partial charge in [-0.1, -0.05) is 48.5 Å². The number of rotatable bonds is 3. The maximum atomic E-state index is 2.26. The van der Waals surface area contributed by atoms with Crippen molar-refractivity contribution in [3.05, 3.63) is 71.9 Å². The van der Waals surface area contributed by atoms with E-state index < -0.39 is 0 Å². The summed E-state index contributed by atoms with van der Waals surface area (Å²) in [5, 5.41) is 1.39. The second-order valence-corrected chi connectivity index (χ2v) is 4.77. The van der Waals surface area contributed by atoms with E-state index >= 15 is 0 Å². The van der Waals surface area contributed by atoms with E-state index in [4.69, 9.17) is 0 Å². The van der Waals surface area contributed by atoms with Crippen molar-refractivity contribution >= 4 is 10.9 Å². The van der Waals surface area contributed by atoms with Crippen molar-refractivity contribution in [3.63, 3.8) is 0 Å². The summed E-state index contributed by atoms with van der Waals surface area (Å²) in [7, 11) is 2.12. The topological polar surface area (TPSA) is 4.93 Å². The minimum absolute atomic E-state index is 1.10. The summed E-state index contributed by atoms with van der Waals surface area (Å²) in [5.41, 5.74) is 4.17. The third-order valence-corrected chi connectivity index (χ3v) is 3.51. The van der Waals surface area contributed by atoms with Gasteiger partial charge in [0.05, 0.1) is 0 Å². The molecule has 0 aliphatic carbocycles. The van der Waals surface area contributed by atoms with Crippen LogP contribution in [0.5, 0.6) is 0 Å². The zero-order valence-corrected chi connectivity index (χ0v) is 10.6. The quantitative estimate of drug-likeness (QED) is 0.647. The monoisotopic (exact) mass is 235 g/mol. The van der Waals surface area contributed by atoms with E-state index in [9.17, 15) is 0 Å². The van der Waals surface area contributed by atoms with Crippen molar-refractivity contribution in [3.8, 4) is 0 Å². The van der Waals surface area contributed by atoms with Crippen LogP contribution in [0.1, 0.15) is 11.1 Å². The van der Waals surface area contributed by atoms with Crippen molar-refractivity contribution in [2.75, 3.05) is 0 Å². The summed E-state index contributed by atoms with van der Waals surface area (Å²) >= 11 is 0. The molecule has 1 heterocycles. The van der Waals surface area contributed by atoms with Crippen LogP contribution in [0.25, 0.3) is 10.9 Å². The van der Waals surface area contributed by atoms with Gasteiger partial charge in [0.2, 0.25) is 0 Å². The van der Waals surface area contributed by atoms with Crippen molar-refractivity contribution in [2.45, 2.75) is 12.8 Å². The highest BCUT2D eigenvalue weighted by atomic mass is 14.9. The third-order valence-electron chi connectivity index (χ3n) is 3.51. The van der Waals surface area contributed by atoms with Gasteiger partial charge in [0, 0.05) is 24.1 Å². The molecule has 3 rings (SSSR count). The zero-order valence-electron chi connectivity index (χ0n) is 10.6. The molecule has 1 heteroatoms. The van der Waals surface area contributed by atoms with E-state index in [0.717, 1.165) is 12.8 Å². The molecule has 3 aromatic rings. The van der Waals surface area contributed by atoms with Gasteiger partial charge in [-0.2, -0.15) is 0 Å². The van der Waals surface area contributed by atoms with Gasteiger partial charge in [-0.05, 0) is 30.0 Å².